The first-order valence-electron chi connectivity index (χ1n) is 9.68. The molecule has 11 heteroatoms. The third kappa shape index (κ3) is 12.4. The minimum Gasteiger partial charge on any atom is -0.670 e. The SMILES string of the molecule is [Mn+2].[NH-]CC(=O)NC(Cc1ccccc1)C(=O)O.[NH-]CC(=O)NC(Cc1ccccc1)C(=O)O. The van der Waals surface area contributed by atoms with Gasteiger partial charge in [-0.05, 0) is 11.1 Å². The predicted octanol–water partition coefficient (Wildman–Crippen LogP) is 1.70. The van der Waals surface area contributed by atoms with Gasteiger partial charge in [0.05, 0.1) is 0 Å². The van der Waals surface area contributed by atoms with Gasteiger partial charge in [-0.25, -0.2) is 9.59 Å². The zero-order valence-electron chi connectivity index (χ0n) is 17.7. The molecule has 2 rings (SSSR count). The van der Waals surface area contributed by atoms with E-state index in [0.717, 1.165) is 11.1 Å². The van der Waals surface area contributed by atoms with Gasteiger partial charge in [0, 0.05) is 12.8 Å². The van der Waals surface area contributed by atoms with E-state index in [1.165, 1.54) is 0 Å². The number of benzene rings is 2. The maximum Gasteiger partial charge on any atom is 2.00 e. The van der Waals surface area contributed by atoms with E-state index < -0.39 is 48.9 Å². The number of carboxylic acid groups (broad SMARTS) is 2. The van der Waals surface area contributed by atoms with Crippen molar-refractivity contribution in [3.8, 4) is 0 Å². The molecule has 0 heterocycles. The minimum atomic E-state index is -1.09. The summed E-state index contributed by atoms with van der Waals surface area (Å²) in [6.07, 6.45) is 0.448. The number of amides is 2. The monoisotopic (exact) mass is 497 g/mol. The van der Waals surface area contributed by atoms with Crippen LogP contribution in [-0.2, 0) is 49.1 Å². The Morgan fingerprint density at radius 3 is 1.21 bits per heavy atom. The molecule has 2 atom stereocenters. The number of hydrogen-bond donors (Lipinski definition) is 4. The topological polar surface area (TPSA) is 180 Å². The normalized spacial score (nSPS) is 11.5. The number of rotatable bonds is 10. The van der Waals surface area contributed by atoms with Crippen LogP contribution in [0.5, 0.6) is 0 Å². The van der Waals surface area contributed by atoms with Crippen molar-refractivity contribution in [1.82, 2.24) is 10.6 Å². The summed E-state index contributed by atoms with van der Waals surface area (Å²) >= 11 is 0. The van der Waals surface area contributed by atoms with E-state index >= 15 is 0 Å². The molecule has 0 fully saturated rings. The quantitative estimate of drug-likeness (QED) is 0.363. The maximum atomic E-state index is 11.0. The van der Waals surface area contributed by atoms with Crippen molar-refractivity contribution in [3.63, 3.8) is 0 Å². The van der Waals surface area contributed by atoms with Crippen LogP contribution in [0.25, 0.3) is 11.5 Å². The minimum absolute atomic E-state index is 0. The molecule has 2 unspecified atom stereocenters. The predicted molar refractivity (Wildman–Crippen MR) is 118 cm³/mol. The fourth-order valence-corrected chi connectivity index (χ4v) is 2.59. The first kappa shape index (κ1) is 29.8. The zero-order chi connectivity index (χ0) is 23.9. The molecule has 0 aliphatic carbocycles. The largest absolute Gasteiger partial charge is 2.00 e. The van der Waals surface area contributed by atoms with E-state index in [-0.39, 0.29) is 29.9 Å². The molecule has 33 heavy (non-hydrogen) atoms. The van der Waals surface area contributed by atoms with Crippen molar-refractivity contribution >= 4 is 23.8 Å². The molecule has 0 saturated heterocycles. The summed E-state index contributed by atoms with van der Waals surface area (Å²) in [6, 6.07) is 16.1. The van der Waals surface area contributed by atoms with Gasteiger partial charge in [-0.1, -0.05) is 73.8 Å². The van der Waals surface area contributed by atoms with E-state index in [0.29, 0.717) is 0 Å². The summed E-state index contributed by atoms with van der Waals surface area (Å²) in [4.78, 5) is 43.7. The van der Waals surface area contributed by atoms with E-state index in [1.807, 2.05) is 12.1 Å². The molecule has 6 N–H and O–H groups in total. The van der Waals surface area contributed by atoms with Crippen molar-refractivity contribution in [1.29, 1.82) is 0 Å². The Morgan fingerprint density at radius 2 is 0.970 bits per heavy atom. The first-order chi connectivity index (χ1) is 15.3. The number of carbonyl (C=O) groups excluding carboxylic acids is 2. The van der Waals surface area contributed by atoms with Gasteiger partial charge in [-0.3, -0.25) is 9.59 Å². The molecule has 0 saturated carbocycles. The van der Waals surface area contributed by atoms with Crippen LogP contribution < -0.4 is 10.6 Å². The smallest absolute Gasteiger partial charge is 0.670 e. The second-order valence-corrected chi connectivity index (χ2v) is 6.65. The third-order valence-electron chi connectivity index (χ3n) is 4.15. The van der Waals surface area contributed by atoms with Gasteiger partial charge in [-0.15, -0.1) is 0 Å². The van der Waals surface area contributed by atoms with E-state index in [1.54, 1.807) is 48.5 Å². The van der Waals surface area contributed by atoms with Crippen molar-refractivity contribution in [3.05, 3.63) is 83.3 Å². The summed E-state index contributed by atoms with van der Waals surface area (Å²) in [5.74, 6) is -3.34. The number of hydrogen-bond acceptors (Lipinski definition) is 4. The third-order valence-corrected chi connectivity index (χ3v) is 4.15. The van der Waals surface area contributed by atoms with Gasteiger partial charge in [0.2, 0.25) is 0 Å². The summed E-state index contributed by atoms with van der Waals surface area (Å²) in [5, 5.41) is 22.4. The van der Waals surface area contributed by atoms with Crippen LogP contribution in [0, 0.1) is 0 Å². The second kappa shape index (κ2) is 16.4. The fraction of sp³-hybridized carbons (Fsp3) is 0.273. The molecule has 0 spiro atoms. The number of carboxylic acids is 2. The van der Waals surface area contributed by atoms with E-state index in [4.69, 9.17) is 21.7 Å². The van der Waals surface area contributed by atoms with Gasteiger partial charge < -0.3 is 32.3 Å². The van der Waals surface area contributed by atoms with Crippen molar-refractivity contribution < 1.29 is 46.5 Å². The fourth-order valence-electron chi connectivity index (χ4n) is 2.59. The molecule has 0 aliphatic rings. The Bertz CT molecular complexity index is 809. The van der Waals surface area contributed by atoms with Gasteiger partial charge in [0.1, 0.15) is 12.1 Å². The van der Waals surface area contributed by atoms with Crippen LogP contribution in [0.1, 0.15) is 11.1 Å². The zero-order valence-corrected chi connectivity index (χ0v) is 18.8. The molecular weight excluding hydrogens is 471 g/mol. The van der Waals surface area contributed by atoms with E-state index in [9.17, 15) is 19.2 Å². The number of aliphatic carboxylic acids is 2. The van der Waals surface area contributed by atoms with Gasteiger partial charge in [0.25, 0.3) is 0 Å². The maximum absolute atomic E-state index is 11.0. The van der Waals surface area contributed by atoms with Crippen LogP contribution >= 0.6 is 0 Å². The van der Waals surface area contributed by atoms with Crippen LogP contribution in [0.2, 0.25) is 0 Å². The molecular formula is C22H26MnN4O6. The summed E-state index contributed by atoms with van der Waals surface area (Å²) in [6.45, 7) is -0.920. The molecule has 10 nitrogen and oxygen atoms in total. The van der Waals surface area contributed by atoms with Gasteiger partial charge in [0.15, 0.2) is 11.8 Å². The van der Waals surface area contributed by atoms with Crippen molar-refractivity contribution in [2.45, 2.75) is 24.9 Å². The average Bonchev–Trinajstić information content (AvgIpc) is 2.79. The average molecular weight is 497 g/mol. The second-order valence-electron chi connectivity index (χ2n) is 6.65. The summed E-state index contributed by atoms with van der Waals surface area (Å²) in [7, 11) is 0. The molecule has 2 aromatic carbocycles. The van der Waals surface area contributed by atoms with Crippen LogP contribution in [-0.4, -0.2) is 59.1 Å². The number of nitrogens with one attached hydrogen (secondary N) is 4. The Labute approximate surface area is 202 Å². The van der Waals surface area contributed by atoms with Crippen LogP contribution in [0.4, 0.5) is 0 Å². The Morgan fingerprint density at radius 1 is 0.667 bits per heavy atom. The summed E-state index contributed by atoms with van der Waals surface area (Å²) < 4.78 is 0. The molecule has 0 aromatic heterocycles. The number of carbonyl (C=O) groups is 4. The van der Waals surface area contributed by atoms with Gasteiger partial charge in [-0.2, -0.15) is 0 Å². The molecule has 0 aliphatic heterocycles. The Kier molecular flexibility index (Phi) is 14.8. The van der Waals surface area contributed by atoms with Crippen LogP contribution in [0.15, 0.2) is 60.7 Å². The van der Waals surface area contributed by atoms with Crippen molar-refractivity contribution in [2.75, 3.05) is 13.1 Å². The summed E-state index contributed by atoms with van der Waals surface area (Å²) in [5.41, 5.74) is 15.3. The van der Waals surface area contributed by atoms with Gasteiger partial charge >= 0.3 is 29.0 Å². The molecule has 177 valence electrons. The first-order valence-corrected chi connectivity index (χ1v) is 9.68. The molecule has 1 radical (unpaired) electrons. The Hall–Kier alpha value is -3.24. The molecule has 2 amide bonds. The molecule has 2 aromatic rings. The van der Waals surface area contributed by atoms with Crippen LogP contribution in [0.3, 0.4) is 0 Å². The Balaban J connectivity index is 0.000000602. The van der Waals surface area contributed by atoms with E-state index in [2.05, 4.69) is 10.6 Å². The van der Waals surface area contributed by atoms with Crippen molar-refractivity contribution in [2.24, 2.45) is 0 Å². The standard InChI is InChI=1S/2C11H13N2O3.Mn/c2*12-7-10(14)13-9(11(15)16)6-8-4-2-1-3-5-8;/h2*1-5,9,12H,6-7H2,(H,13,14)(H,15,16);/q2*-1;+2. The molecule has 0 bridgehead atoms.